The number of hydrogen-bond donors (Lipinski definition) is 1. The lowest BCUT2D eigenvalue weighted by molar-refractivity contribution is 0.474. The second-order valence-electron chi connectivity index (χ2n) is 5.35. The molecule has 0 radical (unpaired) electrons. The van der Waals surface area contributed by atoms with Crippen LogP contribution in [-0.2, 0) is 0 Å². The van der Waals surface area contributed by atoms with E-state index in [-0.39, 0.29) is 5.75 Å². The van der Waals surface area contributed by atoms with Gasteiger partial charge in [-0.25, -0.2) is 4.39 Å². The minimum absolute atomic E-state index is 0.0231. The van der Waals surface area contributed by atoms with Crippen LogP contribution in [0.4, 0.5) is 10.1 Å². The van der Waals surface area contributed by atoms with E-state index in [4.69, 9.17) is 0 Å². The predicted octanol–water partition coefficient (Wildman–Crippen LogP) is 5.26. The van der Waals surface area contributed by atoms with Gasteiger partial charge in [-0.05, 0) is 36.8 Å². The number of hydrogen-bond acceptors (Lipinski definition) is 2. The van der Waals surface area contributed by atoms with Gasteiger partial charge in [0.1, 0.15) is 11.6 Å². The van der Waals surface area contributed by atoms with Gasteiger partial charge in [-0.1, -0.05) is 48.0 Å². The van der Waals surface area contributed by atoms with Crippen LogP contribution in [0.2, 0.25) is 0 Å². The zero-order valence-electron chi connectivity index (χ0n) is 12.7. The highest BCUT2D eigenvalue weighted by Crippen LogP contribution is 2.33. The summed E-state index contributed by atoms with van der Waals surface area (Å²) in [7, 11) is 0. The third-order valence-corrected chi connectivity index (χ3v) is 3.58. The molecule has 0 aliphatic carbocycles. The second-order valence-corrected chi connectivity index (χ2v) is 5.35. The van der Waals surface area contributed by atoms with E-state index >= 15 is 0 Å². The lowest BCUT2D eigenvalue weighted by Gasteiger charge is -2.08. The number of para-hydroxylation sites is 1. The molecule has 0 fully saturated rings. The molecule has 0 heterocycles. The zero-order chi connectivity index (χ0) is 16.2. The Balaban J connectivity index is 2.02. The Bertz CT molecular complexity index is 840. The quantitative estimate of drug-likeness (QED) is 0.658. The van der Waals surface area contributed by atoms with Crippen LogP contribution in [0.15, 0.2) is 71.7 Å². The number of nitrogens with zero attached hydrogens (tertiary/aromatic N) is 1. The summed E-state index contributed by atoms with van der Waals surface area (Å²) in [6.07, 6.45) is 1.48. The van der Waals surface area contributed by atoms with Crippen molar-refractivity contribution in [3.05, 3.63) is 83.7 Å². The van der Waals surface area contributed by atoms with E-state index < -0.39 is 5.82 Å². The fraction of sp³-hybridized carbons (Fsp3) is 0.0500. The number of benzene rings is 3. The molecule has 3 aromatic carbocycles. The van der Waals surface area contributed by atoms with Gasteiger partial charge in [0.15, 0.2) is 0 Å². The number of rotatable bonds is 3. The maximum atomic E-state index is 13.9. The minimum Gasteiger partial charge on any atom is -0.507 e. The van der Waals surface area contributed by atoms with Gasteiger partial charge in [0.25, 0.3) is 0 Å². The van der Waals surface area contributed by atoms with Gasteiger partial charge in [-0.2, -0.15) is 0 Å². The highest BCUT2D eigenvalue weighted by molar-refractivity contribution is 5.89. The summed E-state index contributed by atoms with van der Waals surface area (Å²) in [4.78, 5) is 4.28. The van der Waals surface area contributed by atoms with Crippen LogP contribution in [0.25, 0.3) is 11.1 Å². The van der Waals surface area contributed by atoms with Crippen LogP contribution in [0.3, 0.4) is 0 Å². The van der Waals surface area contributed by atoms with Crippen LogP contribution >= 0.6 is 0 Å². The smallest absolute Gasteiger partial charge is 0.132 e. The first-order valence-electron chi connectivity index (χ1n) is 7.32. The molecule has 0 aliphatic heterocycles. The van der Waals surface area contributed by atoms with E-state index in [2.05, 4.69) is 4.99 Å². The van der Waals surface area contributed by atoms with Crippen molar-refractivity contribution in [3.63, 3.8) is 0 Å². The molecule has 2 nitrogen and oxygen atoms in total. The molecule has 0 unspecified atom stereocenters. The third kappa shape index (κ3) is 3.46. The maximum Gasteiger partial charge on any atom is 0.132 e. The predicted molar refractivity (Wildman–Crippen MR) is 91.9 cm³/mol. The number of halogens is 1. The van der Waals surface area contributed by atoms with E-state index in [1.807, 2.05) is 61.5 Å². The highest BCUT2D eigenvalue weighted by Gasteiger charge is 2.11. The number of phenolic OH excluding ortho intramolecular Hbond substituents is 1. The summed E-state index contributed by atoms with van der Waals surface area (Å²) in [5, 5.41) is 10.5. The molecule has 0 saturated carbocycles. The first-order chi connectivity index (χ1) is 11.1. The van der Waals surface area contributed by atoms with Crippen molar-refractivity contribution >= 4 is 11.9 Å². The van der Waals surface area contributed by atoms with Gasteiger partial charge in [0.05, 0.1) is 5.69 Å². The number of aryl methyl sites for hydroxylation is 1. The summed E-state index contributed by atoms with van der Waals surface area (Å²) in [5.74, 6) is -0.386. The molecular formula is C20H16FNO. The standard InChI is InChI=1S/C20H16FNO/c1-14-7-9-15(10-8-14)19-12-17(21)11-16(20(19)23)13-22-18-5-3-2-4-6-18/h2-13,23H,1H3. The number of aromatic hydroxyl groups is 1. The van der Waals surface area contributed by atoms with Crippen LogP contribution in [0.1, 0.15) is 11.1 Å². The van der Waals surface area contributed by atoms with Crippen LogP contribution in [-0.4, -0.2) is 11.3 Å². The molecule has 23 heavy (non-hydrogen) atoms. The summed E-state index contributed by atoms with van der Waals surface area (Å²) in [6, 6.07) is 19.5. The van der Waals surface area contributed by atoms with Gasteiger partial charge in [-0.15, -0.1) is 0 Å². The van der Waals surface area contributed by atoms with Crippen molar-refractivity contribution in [2.45, 2.75) is 6.92 Å². The second kappa shape index (κ2) is 6.44. The van der Waals surface area contributed by atoms with Crippen molar-refractivity contribution in [3.8, 4) is 16.9 Å². The van der Waals surface area contributed by atoms with Gasteiger partial charge in [0.2, 0.25) is 0 Å². The fourth-order valence-corrected chi connectivity index (χ4v) is 2.33. The molecule has 114 valence electrons. The van der Waals surface area contributed by atoms with E-state index in [0.29, 0.717) is 11.1 Å². The molecule has 3 heteroatoms. The van der Waals surface area contributed by atoms with E-state index in [1.165, 1.54) is 18.3 Å². The number of phenols is 1. The van der Waals surface area contributed by atoms with Crippen molar-refractivity contribution in [1.29, 1.82) is 0 Å². The minimum atomic E-state index is -0.409. The number of aliphatic imine (C=N–C) groups is 1. The van der Waals surface area contributed by atoms with Crippen molar-refractivity contribution < 1.29 is 9.50 Å². The Morgan fingerprint density at radius 2 is 1.65 bits per heavy atom. The van der Waals surface area contributed by atoms with Crippen LogP contribution < -0.4 is 0 Å². The Hall–Kier alpha value is -2.94. The van der Waals surface area contributed by atoms with Gasteiger partial charge >= 0.3 is 0 Å². The average Bonchev–Trinajstić information content (AvgIpc) is 2.57. The van der Waals surface area contributed by atoms with Gasteiger partial charge in [-0.3, -0.25) is 4.99 Å². The van der Waals surface area contributed by atoms with Crippen molar-refractivity contribution in [2.75, 3.05) is 0 Å². The fourth-order valence-electron chi connectivity index (χ4n) is 2.33. The van der Waals surface area contributed by atoms with Gasteiger partial charge < -0.3 is 5.11 Å². The van der Waals surface area contributed by atoms with Gasteiger partial charge in [0, 0.05) is 17.3 Å². The molecule has 0 atom stereocenters. The lowest BCUT2D eigenvalue weighted by Crippen LogP contribution is -1.90. The van der Waals surface area contributed by atoms with Crippen LogP contribution in [0, 0.1) is 12.7 Å². The molecule has 1 N–H and O–H groups in total. The Morgan fingerprint density at radius 3 is 2.35 bits per heavy atom. The first-order valence-corrected chi connectivity index (χ1v) is 7.32. The molecule has 0 spiro atoms. The average molecular weight is 305 g/mol. The van der Waals surface area contributed by atoms with Crippen molar-refractivity contribution in [2.24, 2.45) is 4.99 Å². The first kappa shape index (κ1) is 15.0. The normalized spacial score (nSPS) is 11.0. The summed E-state index contributed by atoms with van der Waals surface area (Å²) in [5.41, 5.74) is 3.43. The molecule has 0 amide bonds. The Kier molecular flexibility index (Phi) is 4.20. The summed E-state index contributed by atoms with van der Waals surface area (Å²) < 4.78 is 13.9. The molecule has 0 aromatic heterocycles. The Morgan fingerprint density at radius 1 is 0.957 bits per heavy atom. The SMILES string of the molecule is Cc1ccc(-c2cc(F)cc(C=Nc3ccccc3)c2O)cc1. The Labute approximate surface area is 134 Å². The third-order valence-electron chi connectivity index (χ3n) is 3.58. The van der Waals surface area contributed by atoms with Crippen molar-refractivity contribution in [1.82, 2.24) is 0 Å². The summed E-state index contributed by atoms with van der Waals surface area (Å²) >= 11 is 0. The largest absolute Gasteiger partial charge is 0.507 e. The summed E-state index contributed by atoms with van der Waals surface area (Å²) in [6.45, 7) is 1.98. The van der Waals surface area contributed by atoms with E-state index in [9.17, 15) is 9.50 Å². The zero-order valence-corrected chi connectivity index (χ0v) is 12.7. The van der Waals surface area contributed by atoms with Crippen LogP contribution in [0.5, 0.6) is 5.75 Å². The molecule has 0 bridgehead atoms. The lowest BCUT2D eigenvalue weighted by atomic mass is 10.0. The molecule has 3 rings (SSSR count). The molecule has 0 aliphatic rings. The highest BCUT2D eigenvalue weighted by atomic mass is 19.1. The monoisotopic (exact) mass is 305 g/mol. The van der Waals surface area contributed by atoms with E-state index in [0.717, 1.165) is 16.8 Å². The van der Waals surface area contributed by atoms with E-state index in [1.54, 1.807) is 0 Å². The topological polar surface area (TPSA) is 32.6 Å². The molecular weight excluding hydrogens is 289 g/mol. The molecule has 3 aromatic rings. The molecule has 0 saturated heterocycles. The maximum absolute atomic E-state index is 13.9.